The van der Waals surface area contributed by atoms with Gasteiger partial charge in [-0.1, -0.05) is 6.07 Å². The summed E-state index contributed by atoms with van der Waals surface area (Å²) in [6, 6.07) is 9.70. The molecule has 1 saturated heterocycles. The second-order valence-electron chi connectivity index (χ2n) is 7.57. The molecule has 0 spiro atoms. The number of likely N-dealkylation sites (tertiary alicyclic amines) is 1. The lowest BCUT2D eigenvalue weighted by molar-refractivity contribution is 0.182. The maximum absolute atomic E-state index is 13.3. The van der Waals surface area contributed by atoms with Crippen LogP contribution in [0.3, 0.4) is 0 Å². The summed E-state index contributed by atoms with van der Waals surface area (Å²) in [5.74, 6) is -0.412. The Morgan fingerprint density at radius 3 is 2.59 bits per heavy atom. The van der Waals surface area contributed by atoms with Crippen LogP contribution in [0.4, 0.5) is 14.9 Å². The Kier molecular flexibility index (Phi) is 5.05. The Morgan fingerprint density at radius 1 is 1.10 bits per heavy atom. The molecule has 0 atom stereocenters. The zero-order valence-electron chi connectivity index (χ0n) is 16.5. The highest BCUT2D eigenvalue weighted by atomic mass is 19.1. The lowest BCUT2D eigenvalue weighted by Gasteiger charge is -2.32. The lowest BCUT2D eigenvalue weighted by atomic mass is 10.0. The summed E-state index contributed by atoms with van der Waals surface area (Å²) in [4.78, 5) is 31.3. The molecule has 3 aromatic rings. The van der Waals surface area contributed by atoms with Crippen LogP contribution >= 0.6 is 0 Å². The van der Waals surface area contributed by atoms with Crippen molar-refractivity contribution in [3.8, 4) is 0 Å². The van der Waals surface area contributed by atoms with Gasteiger partial charge in [0.25, 0.3) is 5.56 Å². The molecular formula is C22H23FN4O2. The Labute approximate surface area is 168 Å². The minimum atomic E-state index is -0.412. The molecule has 1 N–H and O–H groups in total. The van der Waals surface area contributed by atoms with Gasteiger partial charge in [0, 0.05) is 30.9 Å². The van der Waals surface area contributed by atoms with E-state index in [1.165, 1.54) is 30.1 Å². The quantitative estimate of drug-likeness (QED) is 0.714. The fourth-order valence-electron chi connectivity index (χ4n) is 3.74. The fraction of sp³-hybridized carbons (Fsp3) is 0.318. The molecule has 7 heteroatoms. The number of benzene rings is 2. The van der Waals surface area contributed by atoms with E-state index < -0.39 is 5.82 Å². The number of piperidine rings is 1. The van der Waals surface area contributed by atoms with Crippen LogP contribution in [0, 0.1) is 19.7 Å². The standard InChI is InChI=1S/C22H23FN4O2/c1-14-3-5-17(11-15(14)2)25-22(29)26-9-7-18(8-10-26)27-13-24-20-12-16(23)4-6-19(20)21(27)28/h3-6,11-13,18H,7-10H2,1-2H3,(H,25,29). The zero-order chi connectivity index (χ0) is 20.5. The molecule has 0 aliphatic carbocycles. The summed E-state index contributed by atoms with van der Waals surface area (Å²) >= 11 is 0. The highest BCUT2D eigenvalue weighted by molar-refractivity contribution is 5.89. The number of halogens is 1. The number of carbonyl (C=O) groups excluding carboxylic acids is 1. The number of urea groups is 1. The second-order valence-corrected chi connectivity index (χ2v) is 7.57. The van der Waals surface area contributed by atoms with E-state index in [4.69, 9.17) is 0 Å². The summed E-state index contributed by atoms with van der Waals surface area (Å²) in [5, 5.41) is 3.35. The van der Waals surface area contributed by atoms with Crippen LogP contribution in [0.5, 0.6) is 0 Å². The molecule has 1 aliphatic heterocycles. The average Bonchev–Trinajstić information content (AvgIpc) is 2.71. The number of amides is 2. The molecule has 6 nitrogen and oxygen atoms in total. The molecule has 4 rings (SSSR count). The molecule has 2 amide bonds. The second kappa shape index (κ2) is 7.66. The van der Waals surface area contributed by atoms with Crippen LogP contribution < -0.4 is 10.9 Å². The van der Waals surface area contributed by atoms with Gasteiger partial charge < -0.3 is 10.2 Å². The molecular weight excluding hydrogens is 371 g/mol. The van der Waals surface area contributed by atoms with Gasteiger partial charge in [0.1, 0.15) is 5.82 Å². The maximum Gasteiger partial charge on any atom is 0.321 e. The van der Waals surface area contributed by atoms with Crippen molar-refractivity contribution in [3.05, 3.63) is 70.0 Å². The van der Waals surface area contributed by atoms with E-state index in [2.05, 4.69) is 10.3 Å². The Morgan fingerprint density at radius 2 is 1.86 bits per heavy atom. The molecule has 0 unspecified atom stereocenters. The van der Waals surface area contributed by atoms with Crippen LogP contribution in [0.15, 0.2) is 47.5 Å². The number of hydrogen-bond donors (Lipinski definition) is 1. The fourth-order valence-corrected chi connectivity index (χ4v) is 3.74. The minimum Gasteiger partial charge on any atom is -0.324 e. The normalized spacial score (nSPS) is 14.9. The van der Waals surface area contributed by atoms with Gasteiger partial charge in [-0.3, -0.25) is 9.36 Å². The van der Waals surface area contributed by atoms with Gasteiger partial charge in [-0.2, -0.15) is 0 Å². The molecule has 1 aromatic heterocycles. The van der Waals surface area contributed by atoms with Crippen molar-refractivity contribution in [3.63, 3.8) is 0 Å². The lowest BCUT2D eigenvalue weighted by Crippen LogP contribution is -2.42. The third kappa shape index (κ3) is 3.85. The first-order valence-corrected chi connectivity index (χ1v) is 9.72. The van der Waals surface area contributed by atoms with Crippen molar-refractivity contribution in [2.75, 3.05) is 18.4 Å². The van der Waals surface area contributed by atoms with Gasteiger partial charge in [0.2, 0.25) is 0 Å². The average molecular weight is 394 g/mol. The van der Waals surface area contributed by atoms with E-state index in [1.807, 2.05) is 32.0 Å². The number of nitrogens with zero attached hydrogens (tertiary/aromatic N) is 3. The maximum atomic E-state index is 13.3. The summed E-state index contributed by atoms with van der Waals surface area (Å²) in [6.07, 6.45) is 2.81. The van der Waals surface area contributed by atoms with Crippen LogP contribution in [0.2, 0.25) is 0 Å². The first kappa shape index (κ1) is 19.1. The van der Waals surface area contributed by atoms with E-state index in [0.717, 1.165) is 11.3 Å². The van der Waals surface area contributed by atoms with E-state index in [1.54, 1.807) is 9.47 Å². The molecule has 0 saturated carbocycles. The Hall–Kier alpha value is -3.22. The van der Waals surface area contributed by atoms with Gasteiger partial charge in [-0.15, -0.1) is 0 Å². The number of rotatable bonds is 2. The van der Waals surface area contributed by atoms with Crippen molar-refractivity contribution in [2.45, 2.75) is 32.7 Å². The number of fused-ring (bicyclic) bond motifs is 1. The van der Waals surface area contributed by atoms with Crippen molar-refractivity contribution in [1.82, 2.24) is 14.5 Å². The molecule has 150 valence electrons. The minimum absolute atomic E-state index is 0.0323. The van der Waals surface area contributed by atoms with Gasteiger partial charge in [-0.25, -0.2) is 14.2 Å². The van der Waals surface area contributed by atoms with Crippen LogP contribution in [0.1, 0.15) is 30.0 Å². The van der Waals surface area contributed by atoms with Crippen LogP contribution in [0.25, 0.3) is 10.9 Å². The summed E-state index contributed by atoms with van der Waals surface area (Å²) in [7, 11) is 0. The summed E-state index contributed by atoms with van der Waals surface area (Å²) in [5.41, 5.74) is 3.28. The predicted octanol–water partition coefficient (Wildman–Crippen LogP) is 4.02. The summed E-state index contributed by atoms with van der Waals surface area (Å²) < 4.78 is 15.0. The van der Waals surface area contributed by atoms with Gasteiger partial charge in [0.05, 0.1) is 17.2 Å². The molecule has 2 aromatic carbocycles. The van der Waals surface area contributed by atoms with Crippen LogP contribution in [-0.2, 0) is 0 Å². The first-order chi connectivity index (χ1) is 13.9. The molecule has 0 bridgehead atoms. The van der Waals surface area contributed by atoms with E-state index in [0.29, 0.717) is 36.8 Å². The highest BCUT2D eigenvalue weighted by Crippen LogP contribution is 2.23. The largest absolute Gasteiger partial charge is 0.324 e. The van der Waals surface area contributed by atoms with Crippen molar-refractivity contribution >= 4 is 22.6 Å². The molecule has 0 radical (unpaired) electrons. The van der Waals surface area contributed by atoms with Crippen molar-refractivity contribution < 1.29 is 9.18 Å². The van der Waals surface area contributed by atoms with E-state index >= 15 is 0 Å². The summed E-state index contributed by atoms with van der Waals surface area (Å²) in [6.45, 7) is 5.15. The highest BCUT2D eigenvalue weighted by Gasteiger charge is 2.25. The topological polar surface area (TPSA) is 67.2 Å². The molecule has 2 heterocycles. The SMILES string of the molecule is Cc1ccc(NC(=O)N2CCC(n3cnc4cc(F)ccc4c3=O)CC2)cc1C. The van der Waals surface area contributed by atoms with Gasteiger partial charge >= 0.3 is 6.03 Å². The molecule has 29 heavy (non-hydrogen) atoms. The van der Waals surface area contributed by atoms with Gasteiger partial charge in [-0.05, 0) is 62.1 Å². The third-order valence-electron chi connectivity index (χ3n) is 5.65. The van der Waals surface area contributed by atoms with Crippen molar-refractivity contribution in [2.24, 2.45) is 0 Å². The zero-order valence-corrected chi connectivity index (χ0v) is 16.5. The molecule has 1 fully saturated rings. The monoisotopic (exact) mass is 394 g/mol. The van der Waals surface area contributed by atoms with Gasteiger partial charge in [0.15, 0.2) is 0 Å². The smallest absolute Gasteiger partial charge is 0.321 e. The number of hydrogen-bond acceptors (Lipinski definition) is 3. The number of aryl methyl sites for hydroxylation is 2. The number of aromatic nitrogens is 2. The Balaban J connectivity index is 1.44. The number of carbonyl (C=O) groups is 1. The number of anilines is 1. The van der Waals surface area contributed by atoms with Crippen molar-refractivity contribution in [1.29, 1.82) is 0 Å². The van der Waals surface area contributed by atoms with E-state index in [-0.39, 0.29) is 17.6 Å². The molecule has 1 aliphatic rings. The number of nitrogens with one attached hydrogen (secondary N) is 1. The first-order valence-electron chi connectivity index (χ1n) is 9.72. The Bertz CT molecular complexity index is 1130. The van der Waals surface area contributed by atoms with E-state index in [9.17, 15) is 14.0 Å². The third-order valence-corrected chi connectivity index (χ3v) is 5.65. The predicted molar refractivity (Wildman–Crippen MR) is 111 cm³/mol. The van der Waals surface area contributed by atoms with Crippen LogP contribution in [-0.4, -0.2) is 33.6 Å².